The number of hydrazone groups is 1. The van der Waals surface area contributed by atoms with E-state index in [9.17, 15) is 8.42 Å². The van der Waals surface area contributed by atoms with Gasteiger partial charge in [-0.25, -0.2) is 13.4 Å². The van der Waals surface area contributed by atoms with Gasteiger partial charge in [-0.15, -0.1) is 0 Å². The van der Waals surface area contributed by atoms with Gasteiger partial charge in [-0.1, -0.05) is 72.3 Å². The maximum absolute atomic E-state index is 11.7. The Balaban J connectivity index is 1.69. The van der Waals surface area contributed by atoms with Crippen LogP contribution >= 0.6 is 11.6 Å². The van der Waals surface area contributed by atoms with Crippen molar-refractivity contribution in [2.24, 2.45) is 5.10 Å². The molecule has 0 bridgehead atoms. The molecule has 0 saturated heterocycles. The molecule has 0 amide bonds. The standard InChI is InChI=1S/C25H22ClN5O2S/c1-17(18-13-15-21(16-14-18)34(2,32)33)30-31-24-22(19-9-5-3-6-10-19)23(26)28-25(29-24)27-20-11-7-4-8-12-20/h3-16H,1-2H3,(H2,27,28,29,31). The molecular formula is C25H22ClN5O2S. The summed E-state index contributed by atoms with van der Waals surface area (Å²) in [5.74, 6) is 0.750. The second-order valence-corrected chi connectivity index (χ2v) is 9.90. The second-order valence-electron chi connectivity index (χ2n) is 7.52. The number of halogens is 1. The third-order valence-electron chi connectivity index (χ3n) is 4.99. The molecule has 0 aliphatic heterocycles. The zero-order valence-electron chi connectivity index (χ0n) is 18.5. The Hall–Kier alpha value is -3.75. The van der Waals surface area contributed by atoms with E-state index in [0.717, 1.165) is 16.8 Å². The molecule has 34 heavy (non-hydrogen) atoms. The highest BCUT2D eigenvalue weighted by Gasteiger charge is 2.16. The van der Waals surface area contributed by atoms with Crippen molar-refractivity contribution in [3.05, 3.63) is 95.6 Å². The lowest BCUT2D eigenvalue weighted by atomic mass is 10.1. The van der Waals surface area contributed by atoms with Gasteiger partial charge in [0.05, 0.1) is 16.2 Å². The third kappa shape index (κ3) is 5.59. The second kappa shape index (κ2) is 10.0. The van der Waals surface area contributed by atoms with Gasteiger partial charge in [0.15, 0.2) is 15.7 Å². The number of nitrogens with zero attached hydrogens (tertiary/aromatic N) is 3. The summed E-state index contributed by atoms with van der Waals surface area (Å²) in [6, 6.07) is 25.6. The van der Waals surface area contributed by atoms with Crippen molar-refractivity contribution in [2.45, 2.75) is 11.8 Å². The van der Waals surface area contributed by atoms with E-state index >= 15 is 0 Å². The van der Waals surface area contributed by atoms with Crippen molar-refractivity contribution in [3.8, 4) is 11.1 Å². The number of aromatic nitrogens is 2. The third-order valence-corrected chi connectivity index (χ3v) is 6.39. The molecule has 2 N–H and O–H groups in total. The maximum Gasteiger partial charge on any atom is 0.230 e. The monoisotopic (exact) mass is 491 g/mol. The minimum absolute atomic E-state index is 0.252. The van der Waals surface area contributed by atoms with E-state index in [1.807, 2.05) is 67.6 Å². The Morgan fingerprint density at radius 1 is 0.882 bits per heavy atom. The summed E-state index contributed by atoms with van der Waals surface area (Å²) in [6.45, 7) is 1.82. The Morgan fingerprint density at radius 2 is 1.50 bits per heavy atom. The predicted octanol–water partition coefficient (Wildman–Crippen LogP) is 5.78. The fourth-order valence-electron chi connectivity index (χ4n) is 3.23. The fourth-order valence-corrected chi connectivity index (χ4v) is 4.14. The molecule has 9 heteroatoms. The van der Waals surface area contributed by atoms with Crippen LogP contribution in [0.5, 0.6) is 0 Å². The molecule has 1 aromatic heterocycles. The predicted molar refractivity (Wildman–Crippen MR) is 138 cm³/mol. The molecule has 0 aliphatic carbocycles. The summed E-state index contributed by atoms with van der Waals surface area (Å²) < 4.78 is 23.4. The number of anilines is 3. The fraction of sp³-hybridized carbons (Fsp3) is 0.0800. The molecule has 0 unspecified atom stereocenters. The Bertz CT molecular complexity index is 1430. The summed E-state index contributed by atoms with van der Waals surface area (Å²) in [4.78, 5) is 9.29. The number of hydrogen-bond donors (Lipinski definition) is 2. The van der Waals surface area contributed by atoms with E-state index in [2.05, 4.69) is 25.8 Å². The molecule has 0 fully saturated rings. The van der Waals surface area contributed by atoms with Gasteiger partial charge in [0.25, 0.3) is 0 Å². The molecule has 3 aromatic carbocycles. The van der Waals surface area contributed by atoms with Gasteiger partial charge in [0.2, 0.25) is 5.95 Å². The van der Waals surface area contributed by atoms with Crippen LogP contribution in [0.4, 0.5) is 17.5 Å². The van der Waals surface area contributed by atoms with E-state index in [0.29, 0.717) is 23.0 Å². The quantitative estimate of drug-likeness (QED) is 0.193. The summed E-state index contributed by atoms with van der Waals surface area (Å²) in [7, 11) is -3.27. The topological polar surface area (TPSA) is 96.3 Å². The number of rotatable bonds is 7. The van der Waals surface area contributed by atoms with Crippen molar-refractivity contribution in [1.29, 1.82) is 0 Å². The molecular weight excluding hydrogens is 470 g/mol. The lowest BCUT2D eigenvalue weighted by Gasteiger charge is -2.13. The average molecular weight is 492 g/mol. The van der Waals surface area contributed by atoms with Gasteiger partial charge < -0.3 is 5.32 Å². The lowest BCUT2D eigenvalue weighted by molar-refractivity contribution is 0.602. The van der Waals surface area contributed by atoms with Gasteiger partial charge in [0, 0.05) is 11.9 Å². The van der Waals surface area contributed by atoms with Gasteiger partial charge in [-0.05, 0) is 42.3 Å². The zero-order chi connectivity index (χ0) is 24.1. The normalized spacial score (nSPS) is 11.8. The molecule has 1 heterocycles. The molecule has 4 rings (SSSR count). The number of para-hydroxylation sites is 1. The van der Waals surface area contributed by atoms with Crippen LogP contribution in [0.1, 0.15) is 12.5 Å². The first-order valence-corrected chi connectivity index (χ1v) is 12.6. The number of hydrogen-bond acceptors (Lipinski definition) is 7. The van der Waals surface area contributed by atoms with Gasteiger partial charge in [-0.3, -0.25) is 5.43 Å². The minimum atomic E-state index is -3.27. The van der Waals surface area contributed by atoms with E-state index < -0.39 is 9.84 Å². The van der Waals surface area contributed by atoms with Crippen molar-refractivity contribution < 1.29 is 8.42 Å². The molecule has 0 spiro atoms. The van der Waals surface area contributed by atoms with Crippen LogP contribution in [-0.2, 0) is 9.84 Å². The van der Waals surface area contributed by atoms with Gasteiger partial charge in [0.1, 0.15) is 5.15 Å². The van der Waals surface area contributed by atoms with E-state index in [1.165, 1.54) is 6.26 Å². The van der Waals surface area contributed by atoms with Crippen LogP contribution in [-0.4, -0.2) is 30.4 Å². The SMILES string of the molecule is CC(=NNc1nc(Nc2ccccc2)nc(Cl)c1-c1ccccc1)c1ccc(S(C)(=O)=O)cc1. The summed E-state index contributed by atoms with van der Waals surface area (Å²) in [5, 5.41) is 7.89. The van der Waals surface area contributed by atoms with Crippen molar-refractivity contribution in [3.63, 3.8) is 0 Å². The zero-order valence-corrected chi connectivity index (χ0v) is 20.1. The van der Waals surface area contributed by atoms with Crippen molar-refractivity contribution in [2.75, 3.05) is 17.0 Å². The average Bonchev–Trinajstić information content (AvgIpc) is 2.83. The molecule has 0 saturated carbocycles. The highest BCUT2D eigenvalue weighted by atomic mass is 35.5. The Kier molecular flexibility index (Phi) is 6.90. The Morgan fingerprint density at radius 3 is 2.12 bits per heavy atom. The molecule has 4 aromatic rings. The first-order valence-electron chi connectivity index (χ1n) is 10.4. The highest BCUT2D eigenvalue weighted by molar-refractivity contribution is 7.90. The smallest absolute Gasteiger partial charge is 0.230 e. The highest BCUT2D eigenvalue weighted by Crippen LogP contribution is 2.34. The van der Waals surface area contributed by atoms with Gasteiger partial charge >= 0.3 is 0 Å². The van der Waals surface area contributed by atoms with Crippen LogP contribution in [0.15, 0.2) is 94.9 Å². The van der Waals surface area contributed by atoms with Crippen LogP contribution in [0.3, 0.4) is 0 Å². The number of sulfone groups is 1. The number of benzene rings is 3. The Labute approximate surface area is 203 Å². The minimum Gasteiger partial charge on any atom is -0.324 e. The van der Waals surface area contributed by atoms with E-state index in [-0.39, 0.29) is 10.0 Å². The van der Waals surface area contributed by atoms with E-state index in [4.69, 9.17) is 11.6 Å². The molecule has 0 aliphatic rings. The van der Waals surface area contributed by atoms with Crippen LogP contribution in [0.25, 0.3) is 11.1 Å². The largest absolute Gasteiger partial charge is 0.324 e. The molecule has 172 valence electrons. The molecule has 7 nitrogen and oxygen atoms in total. The first kappa shape index (κ1) is 23.4. The number of nitrogens with one attached hydrogen (secondary N) is 2. The van der Waals surface area contributed by atoms with Crippen molar-refractivity contribution in [1.82, 2.24) is 9.97 Å². The summed E-state index contributed by atoms with van der Waals surface area (Å²) >= 11 is 6.59. The van der Waals surface area contributed by atoms with Crippen LogP contribution in [0.2, 0.25) is 5.15 Å². The summed E-state index contributed by atoms with van der Waals surface area (Å²) in [6.07, 6.45) is 1.18. The molecule has 0 atom stereocenters. The summed E-state index contributed by atoms with van der Waals surface area (Å²) in [5.41, 5.74) is 6.71. The lowest BCUT2D eigenvalue weighted by Crippen LogP contribution is -2.06. The molecule has 0 radical (unpaired) electrons. The first-order chi connectivity index (χ1) is 16.3. The van der Waals surface area contributed by atoms with E-state index in [1.54, 1.807) is 24.3 Å². The van der Waals surface area contributed by atoms with Crippen LogP contribution in [0, 0.1) is 0 Å². The van der Waals surface area contributed by atoms with Crippen LogP contribution < -0.4 is 10.7 Å². The van der Waals surface area contributed by atoms with Gasteiger partial charge in [-0.2, -0.15) is 10.1 Å². The van der Waals surface area contributed by atoms with Crippen molar-refractivity contribution >= 4 is 44.6 Å². The maximum atomic E-state index is 11.7.